The van der Waals surface area contributed by atoms with Crippen LogP contribution in [0.15, 0.2) is 45.9 Å². The van der Waals surface area contributed by atoms with Gasteiger partial charge in [0.1, 0.15) is 0 Å². The molecular weight excluding hydrogens is 420 g/mol. The van der Waals surface area contributed by atoms with Crippen molar-refractivity contribution in [2.45, 2.75) is 12.0 Å². The van der Waals surface area contributed by atoms with Gasteiger partial charge in [-0.15, -0.1) is 10.2 Å². The van der Waals surface area contributed by atoms with Crippen molar-refractivity contribution in [2.75, 3.05) is 39.4 Å². The number of morpholine rings is 1. The first kappa shape index (κ1) is 20.1. The molecule has 1 aliphatic heterocycles. The maximum atomic E-state index is 12.6. The van der Waals surface area contributed by atoms with Crippen molar-refractivity contribution in [1.82, 2.24) is 29.4 Å². The summed E-state index contributed by atoms with van der Waals surface area (Å²) in [5.74, 6) is 0.627. The lowest BCUT2D eigenvalue weighted by Gasteiger charge is -2.26. The van der Waals surface area contributed by atoms with Crippen LogP contribution in [0.3, 0.4) is 0 Å². The monoisotopic (exact) mass is 442 g/mol. The molecule has 5 rings (SSSR count). The number of rotatable bonds is 6. The summed E-state index contributed by atoms with van der Waals surface area (Å²) >= 11 is 0. The highest BCUT2D eigenvalue weighted by molar-refractivity contribution is 7.89. The zero-order valence-corrected chi connectivity index (χ0v) is 17.8. The lowest BCUT2D eigenvalue weighted by atomic mass is 10.1. The summed E-state index contributed by atoms with van der Waals surface area (Å²) in [4.78, 5) is 2.15. The van der Waals surface area contributed by atoms with Crippen molar-refractivity contribution in [1.29, 1.82) is 0 Å². The van der Waals surface area contributed by atoms with Gasteiger partial charge >= 0.3 is 0 Å². The maximum absolute atomic E-state index is 12.6. The molecule has 0 aliphatic carbocycles. The van der Waals surface area contributed by atoms with Crippen LogP contribution in [-0.2, 0) is 14.8 Å². The predicted molar refractivity (Wildman–Crippen MR) is 113 cm³/mol. The molecule has 0 spiro atoms. The smallest absolute Gasteiger partial charge is 0.274 e. The van der Waals surface area contributed by atoms with E-state index in [0.717, 1.165) is 29.6 Å². The lowest BCUT2D eigenvalue weighted by Crippen LogP contribution is -2.41. The third-order valence-corrected chi connectivity index (χ3v) is 6.67. The van der Waals surface area contributed by atoms with E-state index in [4.69, 9.17) is 9.15 Å². The van der Waals surface area contributed by atoms with E-state index in [9.17, 15) is 8.42 Å². The Hall–Kier alpha value is -2.86. The van der Waals surface area contributed by atoms with Gasteiger partial charge in [0.05, 0.1) is 18.9 Å². The van der Waals surface area contributed by atoms with E-state index < -0.39 is 10.0 Å². The van der Waals surface area contributed by atoms with Gasteiger partial charge in [0.2, 0.25) is 10.9 Å². The Balaban J connectivity index is 1.39. The molecule has 1 N–H and O–H groups in total. The van der Waals surface area contributed by atoms with Crippen LogP contribution in [0.2, 0.25) is 0 Å². The third kappa shape index (κ3) is 3.81. The van der Waals surface area contributed by atoms with E-state index in [0.29, 0.717) is 37.8 Å². The molecule has 0 radical (unpaired) electrons. The zero-order chi connectivity index (χ0) is 21.4. The van der Waals surface area contributed by atoms with Gasteiger partial charge in [-0.1, -0.05) is 24.3 Å². The molecule has 1 aliphatic rings. The highest BCUT2D eigenvalue weighted by atomic mass is 32.2. The average molecular weight is 443 g/mol. The van der Waals surface area contributed by atoms with E-state index >= 15 is 0 Å². The Morgan fingerprint density at radius 2 is 1.84 bits per heavy atom. The first-order chi connectivity index (χ1) is 15.0. The van der Waals surface area contributed by atoms with Crippen molar-refractivity contribution in [3.05, 3.63) is 42.1 Å². The van der Waals surface area contributed by atoms with Crippen molar-refractivity contribution in [2.24, 2.45) is 0 Å². The van der Waals surface area contributed by atoms with E-state index in [1.165, 1.54) is 6.07 Å². The van der Waals surface area contributed by atoms with E-state index in [-0.39, 0.29) is 10.9 Å². The molecule has 162 valence electrons. The number of nitrogens with one attached hydrogen (secondary N) is 1. The van der Waals surface area contributed by atoms with Crippen molar-refractivity contribution in [3.63, 3.8) is 0 Å². The second-order valence-electron chi connectivity index (χ2n) is 7.36. The van der Waals surface area contributed by atoms with Gasteiger partial charge in [0.15, 0.2) is 11.4 Å². The highest BCUT2D eigenvalue weighted by Gasteiger charge is 2.22. The first-order valence-electron chi connectivity index (χ1n) is 10.0. The molecule has 4 heterocycles. The van der Waals surface area contributed by atoms with Gasteiger partial charge < -0.3 is 9.15 Å². The molecule has 1 fully saturated rings. The summed E-state index contributed by atoms with van der Waals surface area (Å²) in [7, 11) is -3.78. The molecule has 0 saturated carbocycles. The largest absolute Gasteiger partial charge is 0.440 e. The summed E-state index contributed by atoms with van der Waals surface area (Å²) in [6.07, 6.45) is 0. The molecule has 0 atom stereocenters. The molecule has 11 heteroatoms. The Bertz CT molecular complexity index is 1340. The maximum Gasteiger partial charge on any atom is 0.274 e. The molecule has 31 heavy (non-hydrogen) atoms. The van der Waals surface area contributed by atoms with E-state index in [1.54, 1.807) is 10.6 Å². The quantitative estimate of drug-likeness (QED) is 0.477. The van der Waals surface area contributed by atoms with Gasteiger partial charge in [-0.25, -0.2) is 13.1 Å². The topological polar surface area (TPSA) is 115 Å². The van der Waals surface area contributed by atoms with Gasteiger partial charge in [-0.3, -0.25) is 4.90 Å². The van der Waals surface area contributed by atoms with Crippen LogP contribution < -0.4 is 4.72 Å². The second kappa shape index (κ2) is 8.00. The molecule has 1 saturated heterocycles. The molecule has 4 aromatic rings. The Labute approximate surface area is 178 Å². The molecule has 0 amide bonds. The molecule has 10 nitrogen and oxygen atoms in total. The molecule has 3 aromatic heterocycles. The number of hydrogen-bond donors (Lipinski definition) is 1. The molecule has 1 aromatic carbocycles. The van der Waals surface area contributed by atoms with Crippen molar-refractivity contribution < 1.29 is 17.6 Å². The first-order valence-corrected chi connectivity index (χ1v) is 11.5. The lowest BCUT2D eigenvalue weighted by molar-refractivity contribution is 0.0390. The Morgan fingerprint density at radius 1 is 1.06 bits per heavy atom. The molecule has 0 bridgehead atoms. The van der Waals surface area contributed by atoms with E-state index in [1.807, 2.05) is 31.2 Å². The number of aryl methyl sites for hydroxylation is 1. The van der Waals surface area contributed by atoms with Crippen molar-refractivity contribution in [3.8, 4) is 11.6 Å². The standard InChI is InChI=1S/C20H22N6O4S/c1-14-15-4-2-3-5-16(15)19-22-23-20(26(19)24-14)17-6-7-18(30-17)31(27,28)21-8-9-25-10-12-29-13-11-25/h2-7,21H,8-13H2,1H3. The van der Waals surface area contributed by atoms with Gasteiger partial charge in [0, 0.05) is 37.0 Å². The minimum atomic E-state index is -3.78. The van der Waals surface area contributed by atoms with Crippen LogP contribution in [0.25, 0.3) is 28.0 Å². The number of aromatic nitrogens is 4. The van der Waals surface area contributed by atoms with Crippen LogP contribution in [0, 0.1) is 6.92 Å². The molecular formula is C20H22N6O4S. The Kier molecular flexibility index (Phi) is 5.18. The predicted octanol–water partition coefficient (Wildman–Crippen LogP) is 1.46. The summed E-state index contributed by atoms with van der Waals surface area (Å²) in [5.41, 5.74) is 1.40. The number of fused-ring (bicyclic) bond motifs is 3. The van der Waals surface area contributed by atoms with Gasteiger partial charge in [0.25, 0.3) is 10.0 Å². The number of hydrogen-bond acceptors (Lipinski definition) is 8. The Morgan fingerprint density at radius 3 is 2.65 bits per heavy atom. The van der Waals surface area contributed by atoms with Gasteiger partial charge in [-0.2, -0.15) is 9.61 Å². The minimum absolute atomic E-state index is 0.168. The minimum Gasteiger partial charge on any atom is -0.440 e. The van der Waals surface area contributed by atoms with Crippen molar-refractivity contribution >= 4 is 26.4 Å². The number of furan rings is 1. The fraction of sp³-hybridized carbons (Fsp3) is 0.350. The number of nitrogens with zero attached hydrogens (tertiary/aromatic N) is 5. The summed E-state index contributed by atoms with van der Waals surface area (Å²) in [5, 5.41) is 14.7. The van der Waals surface area contributed by atoms with Crippen LogP contribution in [0.1, 0.15) is 5.69 Å². The van der Waals surface area contributed by atoms with Gasteiger partial charge in [-0.05, 0) is 19.1 Å². The SMILES string of the molecule is Cc1nn2c(-c3ccc(S(=O)(=O)NCCN4CCOCC4)o3)nnc2c2ccccc12. The van der Waals surface area contributed by atoms with Crippen LogP contribution >= 0.6 is 0 Å². The van der Waals surface area contributed by atoms with Crippen LogP contribution in [-0.4, -0.2) is 72.5 Å². The van der Waals surface area contributed by atoms with Crippen LogP contribution in [0.4, 0.5) is 0 Å². The highest BCUT2D eigenvalue weighted by Crippen LogP contribution is 2.26. The average Bonchev–Trinajstić information content (AvgIpc) is 3.42. The second-order valence-corrected chi connectivity index (χ2v) is 9.06. The fourth-order valence-corrected chi connectivity index (χ4v) is 4.66. The number of sulfonamides is 1. The number of ether oxygens (including phenoxy) is 1. The summed E-state index contributed by atoms with van der Waals surface area (Å²) in [6.45, 7) is 5.75. The summed E-state index contributed by atoms with van der Waals surface area (Å²) in [6, 6.07) is 10.8. The fourth-order valence-electron chi connectivity index (χ4n) is 3.71. The zero-order valence-electron chi connectivity index (χ0n) is 17.0. The third-order valence-electron chi connectivity index (χ3n) is 5.34. The molecule has 0 unspecified atom stereocenters. The number of benzene rings is 1. The normalized spacial score (nSPS) is 15.8. The van der Waals surface area contributed by atoms with Crippen LogP contribution in [0.5, 0.6) is 0 Å². The summed E-state index contributed by atoms with van der Waals surface area (Å²) < 4.78 is 40.4. The van der Waals surface area contributed by atoms with E-state index in [2.05, 4.69) is 24.9 Å².